The first-order valence-electron chi connectivity index (χ1n) is 6.76. The third-order valence-corrected chi connectivity index (χ3v) is 4.30. The molecule has 2 rings (SSSR count). The van der Waals surface area contributed by atoms with Gasteiger partial charge in [0.1, 0.15) is 27.1 Å². The van der Waals surface area contributed by atoms with Crippen molar-refractivity contribution in [2.45, 2.75) is 27.2 Å². The lowest BCUT2D eigenvalue weighted by Gasteiger charge is -2.02. The Morgan fingerprint density at radius 2 is 1.86 bits per heavy atom. The average Bonchev–Trinajstić information content (AvgIpc) is 2.77. The number of fused-ring (bicyclic) bond motifs is 1. The summed E-state index contributed by atoms with van der Waals surface area (Å²) in [5, 5.41) is 0.830. The van der Waals surface area contributed by atoms with Crippen LogP contribution < -0.4 is 0 Å². The smallest absolute Gasteiger partial charge is 0.348 e. The second kappa shape index (κ2) is 7.02. The second-order valence-electron chi connectivity index (χ2n) is 4.37. The number of aromatic nitrogens is 2. The fraction of sp³-hybridized carbons (Fsp3) is 0.429. The Balaban J connectivity index is 2.42. The maximum atomic E-state index is 11.9. The molecule has 0 saturated heterocycles. The normalized spacial score (nSPS) is 10.7. The molecule has 2 heterocycles. The standard InChI is InChI=1S/C14H15ClN2O4S/c1-4-20-9(18)6-8-16-12(15)10-7(3)11(14(19)21-5-2)22-13(10)17-8/h4-6H2,1-3H3. The number of nitrogens with zero attached hydrogens (tertiary/aromatic N) is 2. The summed E-state index contributed by atoms with van der Waals surface area (Å²) in [7, 11) is 0. The van der Waals surface area contributed by atoms with Gasteiger partial charge < -0.3 is 9.47 Å². The zero-order valence-electron chi connectivity index (χ0n) is 12.4. The number of carbonyl (C=O) groups is 2. The highest BCUT2D eigenvalue weighted by Gasteiger charge is 2.21. The first-order chi connectivity index (χ1) is 10.5. The van der Waals surface area contributed by atoms with Crippen molar-refractivity contribution in [1.29, 1.82) is 0 Å². The molecule has 2 aromatic rings. The Kier molecular flexibility index (Phi) is 5.31. The van der Waals surface area contributed by atoms with Crippen LogP contribution in [0.2, 0.25) is 5.15 Å². The molecule has 6 nitrogen and oxygen atoms in total. The van der Waals surface area contributed by atoms with Crippen molar-refractivity contribution in [1.82, 2.24) is 9.97 Å². The first-order valence-corrected chi connectivity index (χ1v) is 7.95. The molecule has 0 atom stereocenters. The Morgan fingerprint density at radius 1 is 1.18 bits per heavy atom. The summed E-state index contributed by atoms with van der Waals surface area (Å²) in [5.74, 6) is -0.560. The van der Waals surface area contributed by atoms with Crippen LogP contribution in [0.15, 0.2) is 0 Å². The number of hydrogen-bond donors (Lipinski definition) is 0. The average molecular weight is 343 g/mol. The summed E-state index contributed by atoms with van der Waals surface area (Å²) in [6.45, 7) is 5.82. The van der Waals surface area contributed by atoms with Crippen LogP contribution in [0.4, 0.5) is 0 Å². The van der Waals surface area contributed by atoms with E-state index in [0.717, 1.165) is 0 Å². The van der Waals surface area contributed by atoms with Gasteiger partial charge in [-0.25, -0.2) is 14.8 Å². The molecule has 0 aliphatic heterocycles. The number of rotatable bonds is 5. The lowest BCUT2D eigenvalue weighted by molar-refractivity contribution is -0.142. The molecule has 118 valence electrons. The van der Waals surface area contributed by atoms with Crippen LogP contribution in [0, 0.1) is 6.92 Å². The fourth-order valence-corrected chi connectivity index (χ4v) is 3.42. The van der Waals surface area contributed by atoms with Crippen LogP contribution in [0.25, 0.3) is 10.2 Å². The van der Waals surface area contributed by atoms with Crippen LogP contribution in [-0.2, 0) is 20.7 Å². The predicted octanol–water partition coefficient (Wildman–Crippen LogP) is 2.94. The molecule has 0 radical (unpaired) electrons. The van der Waals surface area contributed by atoms with Crippen LogP contribution in [-0.4, -0.2) is 35.1 Å². The van der Waals surface area contributed by atoms with Gasteiger partial charge in [0.15, 0.2) is 0 Å². The number of esters is 2. The van der Waals surface area contributed by atoms with Gasteiger partial charge in [-0.05, 0) is 26.3 Å². The van der Waals surface area contributed by atoms with Crippen LogP contribution in [0.5, 0.6) is 0 Å². The summed E-state index contributed by atoms with van der Waals surface area (Å²) in [6.07, 6.45) is -0.0603. The second-order valence-corrected chi connectivity index (χ2v) is 5.73. The zero-order valence-corrected chi connectivity index (χ0v) is 14.0. The summed E-state index contributed by atoms with van der Waals surface area (Å²) >= 11 is 7.35. The highest BCUT2D eigenvalue weighted by molar-refractivity contribution is 7.20. The highest BCUT2D eigenvalue weighted by Crippen LogP contribution is 2.34. The number of halogens is 1. The van der Waals surface area contributed by atoms with Gasteiger partial charge >= 0.3 is 11.9 Å². The predicted molar refractivity (Wildman–Crippen MR) is 83.5 cm³/mol. The molecule has 8 heteroatoms. The minimum Gasteiger partial charge on any atom is -0.466 e. The van der Waals surface area contributed by atoms with E-state index in [0.29, 0.717) is 33.9 Å². The van der Waals surface area contributed by atoms with Crippen molar-refractivity contribution >= 4 is 45.1 Å². The lowest BCUT2D eigenvalue weighted by atomic mass is 10.2. The van der Waals surface area contributed by atoms with Crippen molar-refractivity contribution in [2.75, 3.05) is 13.2 Å². The number of ether oxygens (including phenoxy) is 2. The lowest BCUT2D eigenvalue weighted by Crippen LogP contribution is -2.10. The molecule has 0 fully saturated rings. The van der Waals surface area contributed by atoms with Crippen molar-refractivity contribution in [3.8, 4) is 0 Å². The van der Waals surface area contributed by atoms with Gasteiger partial charge in [-0.15, -0.1) is 11.3 Å². The maximum Gasteiger partial charge on any atom is 0.348 e. The summed E-state index contributed by atoms with van der Waals surface area (Å²) in [6, 6.07) is 0. The van der Waals surface area contributed by atoms with Gasteiger partial charge in [0, 0.05) is 0 Å². The third-order valence-electron chi connectivity index (χ3n) is 2.86. The van der Waals surface area contributed by atoms with Crippen molar-refractivity contribution < 1.29 is 19.1 Å². The Labute approximate surface area is 136 Å². The fourth-order valence-electron chi connectivity index (χ4n) is 1.94. The van der Waals surface area contributed by atoms with Gasteiger partial charge in [0.25, 0.3) is 0 Å². The third kappa shape index (κ3) is 3.36. The molecule has 0 unspecified atom stereocenters. The van der Waals surface area contributed by atoms with E-state index >= 15 is 0 Å². The molecular formula is C14H15ClN2O4S. The Bertz CT molecular complexity index is 729. The highest BCUT2D eigenvalue weighted by atomic mass is 35.5. The molecule has 22 heavy (non-hydrogen) atoms. The molecule has 0 saturated carbocycles. The van der Waals surface area contributed by atoms with E-state index in [2.05, 4.69) is 9.97 Å². The Hall–Kier alpha value is -1.73. The van der Waals surface area contributed by atoms with Gasteiger partial charge in [0.2, 0.25) is 0 Å². The topological polar surface area (TPSA) is 78.4 Å². The molecule has 0 amide bonds. The molecular weight excluding hydrogens is 328 g/mol. The quantitative estimate of drug-likeness (QED) is 0.614. The monoisotopic (exact) mass is 342 g/mol. The minimum absolute atomic E-state index is 0.0603. The van der Waals surface area contributed by atoms with Crippen LogP contribution >= 0.6 is 22.9 Å². The van der Waals surface area contributed by atoms with Crippen molar-refractivity contribution in [3.05, 3.63) is 21.4 Å². The molecule has 0 N–H and O–H groups in total. The first kappa shape index (κ1) is 16.6. The maximum absolute atomic E-state index is 11.9. The van der Waals surface area contributed by atoms with Gasteiger partial charge in [-0.3, -0.25) is 4.79 Å². The summed E-state index contributed by atoms with van der Waals surface area (Å²) < 4.78 is 9.88. The van der Waals surface area contributed by atoms with E-state index < -0.39 is 11.9 Å². The molecule has 0 aliphatic carbocycles. The van der Waals surface area contributed by atoms with Gasteiger partial charge in [0.05, 0.1) is 18.6 Å². The van der Waals surface area contributed by atoms with Crippen molar-refractivity contribution in [2.24, 2.45) is 0 Å². The van der Waals surface area contributed by atoms with E-state index in [9.17, 15) is 9.59 Å². The van der Waals surface area contributed by atoms with Gasteiger partial charge in [-0.1, -0.05) is 11.6 Å². The minimum atomic E-state index is -0.420. The summed E-state index contributed by atoms with van der Waals surface area (Å²) in [5.41, 5.74) is 0.686. The number of hydrogen-bond acceptors (Lipinski definition) is 7. The molecule has 0 spiro atoms. The van der Waals surface area contributed by atoms with Crippen LogP contribution in [0.3, 0.4) is 0 Å². The summed E-state index contributed by atoms with van der Waals surface area (Å²) in [4.78, 5) is 32.8. The van der Waals surface area contributed by atoms with E-state index in [-0.39, 0.29) is 17.4 Å². The molecule has 0 aliphatic rings. The van der Waals surface area contributed by atoms with E-state index in [1.54, 1.807) is 20.8 Å². The van der Waals surface area contributed by atoms with E-state index in [4.69, 9.17) is 21.1 Å². The number of thiophene rings is 1. The van der Waals surface area contributed by atoms with Crippen molar-refractivity contribution in [3.63, 3.8) is 0 Å². The largest absolute Gasteiger partial charge is 0.466 e. The molecule has 0 bridgehead atoms. The molecule has 2 aromatic heterocycles. The molecule has 0 aromatic carbocycles. The Morgan fingerprint density at radius 3 is 2.50 bits per heavy atom. The van der Waals surface area contributed by atoms with Crippen LogP contribution in [0.1, 0.15) is 34.9 Å². The van der Waals surface area contributed by atoms with E-state index in [1.165, 1.54) is 11.3 Å². The SMILES string of the molecule is CCOC(=O)Cc1nc(Cl)c2c(C)c(C(=O)OCC)sc2n1. The van der Waals surface area contributed by atoms with Gasteiger partial charge in [-0.2, -0.15) is 0 Å². The van der Waals surface area contributed by atoms with E-state index in [1.807, 2.05) is 0 Å². The number of carbonyl (C=O) groups excluding carboxylic acids is 2. The zero-order chi connectivity index (χ0) is 16.3. The number of aryl methyl sites for hydroxylation is 1.